The highest BCUT2D eigenvalue weighted by Gasteiger charge is 2.48. The fraction of sp³-hybridized carbons (Fsp3) is 0.500. The Balaban J connectivity index is 1.95. The van der Waals surface area contributed by atoms with Crippen LogP contribution in [0.25, 0.3) is 0 Å². The van der Waals surface area contributed by atoms with Crippen molar-refractivity contribution < 1.29 is 9.59 Å². The maximum Gasteiger partial charge on any atom is 0.253 e. The quantitative estimate of drug-likeness (QED) is 0.770. The van der Waals surface area contributed by atoms with E-state index < -0.39 is 5.54 Å². The van der Waals surface area contributed by atoms with Crippen LogP contribution >= 0.6 is 0 Å². The third kappa shape index (κ3) is 1.64. The maximum atomic E-state index is 12.6. The zero-order valence-corrected chi connectivity index (χ0v) is 9.93. The minimum Gasteiger partial charge on any atom is -0.340 e. The first kappa shape index (κ1) is 11.1. The summed E-state index contributed by atoms with van der Waals surface area (Å²) in [5, 5.41) is 2.87. The van der Waals surface area contributed by atoms with Crippen LogP contribution in [0.15, 0.2) is 18.7 Å². The molecular weight excluding hydrogens is 232 g/mol. The van der Waals surface area contributed by atoms with Crippen molar-refractivity contribution in [3.05, 3.63) is 18.7 Å². The lowest BCUT2D eigenvalue weighted by Crippen LogP contribution is -2.65. The van der Waals surface area contributed by atoms with Gasteiger partial charge in [0.05, 0.1) is 18.1 Å². The second-order valence-corrected chi connectivity index (χ2v) is 4.83. The first-order chi connectivity index (χ1) is 8.71. The summed E-state index contributed by atoms with van der Waals surface area (Å²) in [4.78, 5) is 33.6. The number of rotatable bonds is 1. The smallest absolute Gasteiger partial charge is 0.253 e. The fourth-order valence-electron chi connectivity index (χ4n) is 2.79. The molecule has 0 aromatic carbocycles. The fourth-order valence-corrected chi connectivity index (χ4v) is 2.79. The predicted molar refractivity (Wildman–Crippen MR) is 63.7 cm³/mol. The van der Waals surface area contributed by atoms with E-state index in [4.69, 9.17) is 0 Å². The molecule has 1 aliphatic heterocycles. The Hall–Kier alpha value is -1.98. The Morgan fingerprint density at radius 3 is 2.50 bits per heavy atom. The zero-order chi connectivity index (χ0) is 12.6. The van der Waals surface area contributed by atoms with Crippen LogP contribution in [0.5, 0.6) is 0 Å². The van der Waals surface area contributed by atoms with Crippen LogP contribution in [0.1, 0.15) is 25.7 Å². The number of carbonyl (C=O) groups excluding carboxylic acids is 2. The van der Waals surface area contributed by atoms with E-state index >= 15 is 0 Å². The van der Waals surface area contributed by atoms with Crippen molar-refractivity contribution in [2.45, 2.75) is 31.2 Å². The molecule has 94 valence electrons. The topological polar surface area (TPSA) is 75.2 Å². The lowest BCUT2D eigenvalue weighted by atomic mass is 9.93. The normalized spacial score (nSPS) is 22.3. The van der Waals surface area contributed by atoms with E-state index in [0.717, 1.165) is 25.7 Å². The standard InChI is InChI=1S/C12H14N4O2/c17-10-7-16(9-5-13-8-14-6-9)11(18)12(15-10)3-1-2-4-12/h5-6,8H,1-4,7H2,(H,15,17). The van der Waals surface area contributed by atoms with Gasteiger partial charge in [0.25, 0.3) is 5.91 Å². The SMILES string of the molecule is O=C1CN(c2cncnc2)C(=O)C2(CCCC2)N1. The van der Waals surface area contributed by atoms with Gasteiger partial charge in [0.15, 0.2) is 0 Å². The monoisotopic (exact) mass is 246 g/mol. The van der Waals surface area contributed by atoms with Gasteiger partial charge in [-0.25, -0.2) is 9.97 Å². The number of anilines is 1. The minimum atomic E-state index is -0.689. The van der Waals surface area contributed by atoms with E-state index in [1.807, 2.05) is 0 Å². The minimum absolute atomic E-state index is 0.0330. The molecule has 2 amide bonds. The number of hydrogen-bond donors (Lipinski definition) is 1. The molecule has 6 heteroatoms. The second kappa shape index (κ2) is 4.04. The van der Waals surface area contributed by atoms with Crippen LogP contribution in [0, 0.1) is 0 Å². The number of nitrogens with one attached hydrogen (secondary N) is 1. The maximum absolute atomic E-state index is 12.6. The average Bonchev–Trinajstić information content (AvgIpc) is 2.84. The molecule has 1 saturated carbocycles. The summed E-state index contributed by atoms with van der Waals surface area (Å²) in [6, 6.07) is 0. The number of hydrogen-bond acceptors (Lipinski definition) is 4. The molecule has 2 fully saturated rings. The zero-order valence-electron chi connectivity index (χ0n) is 9.93. The molecule has 3 rings (SSSR count). The van der Waals surface area contributed by atoms with E-state index in [1.54, 1.807) is 12.4 Å². The van der Waals surface area contributed by atoms with Gasteiger partial charge in [-0.15, -0.1) is 0 Å². The number of carbonyl (C=O) groups is 2. The molecule has 2 heterocycles. The van der Waals surface area contributed by atoms with Crippen LogP contribution in [0.4, 0.5) is 5.69 Å². The molecule has 6 nitrogen and oxygen atoms in total. The molecule has 1 aromatic heterocycles. The van der Waals surface area contributed by atoms with Crippen molar-refractivity contribution in [2.24, 2.45) is 0 Å². The van der Waals surface area contributed by atoms with E-state index in [2.05, 4.69) is 15.3 Å². The average molecular weight is 246 g/mol. The number of amides is 2. The molecule has 18 heavy (non-hydrogen) atoms. The van der Waals surface area contributed by atoms with Crippen LogP contribution in [0.2, 0.25) is 0 Å². The molecule has 1 aromatic rings. The third-order valence-corrected chi connectivity index (χ3v) is 3.65. The van der Waals surface area contributed by atoms with Gasteiger partial charge in [-0.05, 0) is 12.8 Å². The van der Waals surface area contributed by atoms with Crippen molar-refractivity contribution in [1.29, 1.82) is 0 Å². The molecule has 0 unspecified atom stereocenters. The van der Waals surface area contributed by atoms with Gasteiger partial charge in [-0.2, -0.15) is 0 Å². The number of aromatic nitrogens is 2. The van der Waals surface area contributed by atoms with Crippen molar-refractivity contribution in [1.82, 2.24) is 15.3 Å². The summed E-state index contributed by atoms with van der Waals surface area (Å²) in [6.07, 6.45) is 7.93. The summed E-state index contributed by atoms with van der Waals surface area (Å²) in [5.74, 6) is -0.144. The van der Waals surface area contributed by atoms with Gasteiger partial charge in [-0.1, -0.05) is 12.8 Å². The Kier molecular flexibility index (Phi) is 2.50. The highest BCUT2D eigenvalue weighted by molar-refractivity contribution is 6.09. The van der Waals surface area contributed by atoms with Crippen LogP contribution in [-0.2, 0) is 9.59 Å². The molecule has 1 saturated heterocycles. The second-order valence-electron chi connectivity index (χ2n) is 4.83. The lowest BCUT2D eigenvalue weighted by molar-refractivity contribution is -0.135. The van der Waals surface area contributed by atoms with Crippen molar-refractivity contribution in [3.8, 4) is 0 Å². The van der Waals surface area contributed by atoms with Crippen molar-refractivity contribution >= 4 is 17.5 Å². The van der Waals surface area contributed by atoms with Gasteiger partial charge >= 0.3 is 0 Å². The molecular formula is C12H14N4O2. The van der Waals surface area contributed by atoms with Crippen LogP contribution in [0.3, 0.4) is 0 Å². The molecule has 2 aliphatic rings. The highest BCUT2D eigenvalue weighted by Crippen LogP contribution is 2.34. The van der Waals surface area contributed by atoms with Gasteiger partial charge in [-0.3, -0.25) is 14.5 Å². The van der Waals surface area contributed by atoms with E-state index in [0.29, 0.717) is 5.69 Å². The highest BCUT2D eigenvalue weighted by atomic mass is 16.2. The summed E-state index contributed by atoms with van der Waals surface area (Å²) in [6.45, 7) is 0.0496. The lowest BCUT2D eigenvalue weighted by Gasteiger charge is -2.39. The Morgan fingerprint density at radius 2 is 1.83 bits per heavy atom. The number of nitrogens with zero attached hydrogens (tertiary/aromatic N) is 3. The molecule has 0 bridgehead atoms. The van der Waals surface area contributed by atoms with Crippen LogP contribution in [-0.4, -0.2) is 33.9 Å². The van der Waals surface area contributed by atoms with E-state index in [-0.39, 0.29) is 18.4 Å². The van der Waals surface area contributed by atoms with Crippen LogP contribution < -0.4 is 10.2 Å². The van der Waals surface area contributed by atoms with E-state index in [9.17, 15) is 9.59 Å². The Bertz CT molecular complexity index is 482. The molecule has 0 radical (unpaired) electrons. The van der Waals surface area contributed by atoms with Gasteiger partial charge < -0.3 is 5.32 Å². The summed E-state index contributed by atoms with van der Waals surface area (Å²) in [5.41, 5.74) is -0.103. The van der Waals surface area contributed by atoms with Crippen molar-refractivity contribution in [3.63, 3.8) is 0 Å². The first-order valence-electron chi connectivity index (χ1n) is 6.09. The summed E-state index contributed by atoms with van der Waals surface area (Å²) < 4.78 is 0. The molecule has 1 N–H and O–H groups in total. The molecule has 1 aliphatic carbocycles. The Morgan fingerprint density at radius 1 is 1.17 bits per heavy atom. The van der Waals surface area contributed by atoms with E-state index in [1.165, 1.54) is 11.2 Å². The summed E-state index contributed by atoms with van der Waals surface area (Å²) >= 11 is 0. The predicted octanol–water partition coefficient (Wildman–Crippen LogP) is 0.252. The van der Waals surface area contributed by atoms with Gasteiger partial charge in [0.1, 0.15) is 18.4 Å². The van der Waals surface area contributed by atoms with Gasteiger partial charge in [0, 0.05) is 0 Å². The third-order valence-electron chi connectivity index (χ3n) is 3.65. The Labute approximate surface area is 104 Å². The largest absolute Gasteiger partial charge is 0.340 e. The first-order valence-corrected chi connectivity index (χ1v) is 6.09. The molecule has 0 atom stereocenters. The van der Waals surface area contributed by atoms with Gasteiger partial charge in [0.2, 0.25) is 5.91 Å². The number of piperazine rings is 1. The van der Waals surface area contributed by atoms with Crippen molar-refractivity contribution in [2.75, 3.05) is 11.4 Å². The summed E-state index contributed by atoms with van der Waals surface area (Å²) in [7, 11) is 0. The molecule has 1 spiro atoms.